The van der Waals surface area contributed by atoms with Crippen LogP contribution < -0.4 is 20.9 Å². The van der Waals surface area contributed by atoms with Crippen LogP contribution in [0.15, 0.2) is 63.6 Å². The van der Waals surface area contributed by atoms with Crippen LogP contribution in [0, 0.1) is 5.41 Å². The first-order valence-electron chi connectivity index (χ1n) is 15.0. The molecule has 4 aromatic rings. The van der Waals surface area contributed by atoms with Gasteiger partial charge in [-0.1, -0.05) is 47.6 Å². The number of piperidine rings is 1. The predicted octanol–water partition coefficient (Wildman–Crippen LogP) is 5.16. The summed E-state index contributed by atoms with van der Waals surface area (Å²) in [4.78, 5) is 29.8. The first kappa shape index (κ1) is 32.1. The van der Waals surface area contributed by atoms with E-state index >= 15 is 0 Å². The van der Waals surface area contributed by atoms with Crippen molar-refractivity contribution in [3.63, 3.8) is 0 Å². The van der Waals surface area contributed by atoms with Crippen LogP contribution in [0.5, 0.6) is 0 Å². The normalized spacial score (nSPS) is 18.4. The van der Waals surface area contributed by atoms with Gasteiger partial charge in [-0.2, -0.15) is 0 Å². The molecule has 0 radical (unpaired) electrons. The Kier molecular flexibility index (Phi) is 9.08. The molecular weight excluding hydrogens is 630 g/mol. The van der Waals surface area contributed by atoms with Crippen molar-refractivity contribution in [2.24, 2.45) is 5.41 Å². The Hall–Kier alpha value is -2.87. The molecule has 1 saturated heterocycles. The molecule has 0 saturated carbocycles. The highest BCUT2D eigenvalue weighted by atomic mass is 35.5. The summed E-state index contributed by atoms with van der Waals surface area (Å²) in [6.45, 7) is 8.35. The van der Waals surface area contributed by atoms with Gasteiger partial charge in [-0.05, 0) is 63.3 Å². The van der Waals surface area contributed by atoms with Gasteiger partial charge in [0.2, 0.25) is 0 Å². The molecule has 3 heterocycles. The summed E-state index contributed by atoms with van der Waals surface area (Å²) in [6.07, 6.45) is 6.05. The van der Waals surface area contributed by atoms with Gasteiger partial charge >= 0.3 is 0 Å². The lowest BCUT2D eigenvalue weighted by molar-refractivity contribution is 0.176. The second-order valence-electron chi connectivity index (χ2n) is 12.7. The third-order valence-electron chi connectivity index (χ3n) is 8.78. The fraction of sp³-hybridized carbons (Fsp3) is 0.438. The number of nitrogens with one attached hydrogen (secondary N) is 1. The van der Waals surface area contributed by atoms with Crippen LogP contribution in [0.25, 0.3) is 10.9 Å². The molecule has 13 heteroatoms. The Morgan fingerprint density at radius 2 is 1.96 bits per heavy atom. The number of hydrogen-bond donors (Lipinski definition) is 2. The van der Waals surface area contributed by atoms with Gasteiger partial charge in [0, 0.05) is 41.9 Å². The maximum atomic E-state index is 13.2. The number of rotatable bonds is 8. The van der Waals surface area contributed by atoms with E-state index in [2.05, 4.69) is 43.9 Å². The molecule has 2 aliphatic rings. The number of hydrogen-bond acceptors (Lipinski definition) is 10. The molecule has 45 heavy (non-hydrogen) atoms. The van der Waals surface area contributed by atoms with Crippen LogP contribution in [-0.2, 0) is 29.1 Å². The maximum Gasteiger partial charge on any atom is 0.262 e. The first-order valence-corrected chi connectivity index (χ1v) is 17.3. The summed E-state index contributed by atoms with van der Waals surface area (Å²) in [5, 5.41) is 1.16. The standard InChI is InChI=1S/C32H38ClN7O3S2/c1-31(2,3)45(42)38-27-21-8-6-5-7-20(21)17-32(27)11-13-39(14-12-32)24-18-35-29(28(34)37-24)44-23-10-9-22-25(26(23)33)30(41)40(19-36-22)15-16-43-4/h5-10,18-19,27,38H,11-17H2,1-4H3,(H2,34,37)/t27-,45?/m1/s1. The Morgan fingerprint density at radius 1 is 1.20 bits per heavy atom. The number of halogens is 1. The largest absolute Gasteiger partial charge is 0.598 e. The average molecular weight is 668 g/mol. The summed E-state index contributed by atoms with van der Waals surface area (Å²) in [5.41, 5.74) is 9.29. The summed E-state index contributed by atoms with van der Waals surface area (Å²) in [5.74, 6) is 1.02. The Bertz CT molecular complexity index is 1770. The Morgan fingerprint density at radius 3 is 2.67 bits per heavy atom. The molecule has 1 unspecified atom stereocenters. The van der Waals surface area contributed by atoms with E-state index in [4.69, 9.17) is 27.1 Å². The number of fused-ring (bicyclic) bond motifs is 2. The number of aromatic nitrogens is 4. The van der Waals surface area contributed by atoms with Gasteiger partial charge in [-0.3, -0.25) is 9.36 Å². The highest BCUT2D eigenvalue weighted by Crippen LogP contribution is 2.53. The molecule has 1 aliphatic carbocycles. The number of benzene rings is 2. The smallest absolute Gasteiger partial charge is 0.262 e. The number of methoxy groups -OCH3 is 1. The number of ether oxygens (including phenoxy) is 1. The van der Waals surface area contributed by atoms with Crippen molar-refractivity contribution < 1.29 is 9.29 Å². The van der Waals surface area contributed by atoms with E-state index in [0.717, 1.165) is 38.2 Å². The van der Waals surface area contributed by atoms with Crippen LogP contribution in [0.3, 0.4) is 0 Å². The third-order valence-corrected chi connectivity index (χ3v) is 11.9. The summed E-state index contributed by atoms with van der Waals surface area (Å²) in [7, 11) is 1.58. The molecule has 2 aromatic carbocycles. The molecule has 10 nitrogen and oxygen atoms in total. The Labute approximate surface area is 275 Å². The molecule has 6 rings (SSSR count). The summed E-state index contributed by atoms with van der Waals surface area (Å²) < 4.78 is 23.0. The quantitative estimate of drug-likeness (QED) is 0.243. The van der Waals surface area contributed by atoms with Crippen molar-refractivity contribution in [3.8, 4) is 0 Å². The minimum atomic E-state index is -1.18. The molecular formula is C32H38ClN7O3S2. The van der Waals surface area contributed by atoms with E-state index in [9.17, 15) is 9.35 Å². The molecule has 238 valence electrons. The van der Waals surface area contributed by atoms with Gasteiger partial charge in [-0.15, -0.1) is 4.72 Å². The van der Waals surface area contributed by atoms with Gasteiger partial charge in [0.1, 0.15) is 15.6 Å². The summed E-state index contributed by atoms with van der Waals surface area (Å²) >= 11 is 6.83. The second kappa shape index (κ2) is 12.7. The molecule has 2 atom stereocenters. The van der Waals surface area contributed by atoms with Crippen LogP contribution >= 0.6 is 23.4 Å². The molecule has 2 aromatic heterocycles. The highest BCUT2D eigenvalue weighted by Gasteiger charge is 2.50. The molecule has 3 N–H and O–H groups in total. The van der Waals surface area contributed by atoms with Crippen molar-refractivity contribution in [2.45, 2.75) is 67.3 Å². The van der Waals surface area contributed by atoms with E-state index in [1.54, 1.807) is 19.4 Å². The first-order chi connectivity index (χ1) is 21.5. The maximum absolute atomic E-state index is 13.2. The minimum Gasteiger partial charge on any atom is -0.598 e. The number of anilines is 2. The third kappa shape index (κ3) is 6.28. The number of nitrogens with zero attached hydrogens (tertiary/aromatic N) is 5. The van der Waals surface area contributed by atoms with E-state index < -0.39 is 11.4 Å². The van der Waals surface area contributed by atoms with Gasteiger partial charge in [0.15, 0.2) is 5.82 Å². The van der Waals surface area contributed by atoms with Crippen LogP contribution in [0.4, 0.5) is 11.6 Å². The van der Waals surface area contributed by atoms with Crippen LogP contribution in [0.2, 0.25) is 5.02 Å². The lowest BCUT2D eigenvalue weighted by atomic mass is 9.73. The Balaban J connectivity index is 1.19. The molecule has 0 bridgehead atoms. The van der Waals surface area contributed by atoms with Gasteiger partial charge in [-0.25, -0.2) is 15.0 Å². The van der Waals surface area contributed by atoms with E-state index in [-0.39, 0.29) is 21.8 Å². The fourth-order valence-corrected chi connectivity index (χ4v) is 8.33. The SMILES string of the molecule is COCCn1cnc2ccc(Sc3ncc(N4CCC5(CC4)Cc4ccccc4[C@H]5N[S+]([O-])C(C)(C)C)nc3N)c(Cl)c2c1=O. The zero-order chi connectivity index (χ0) is 31.9. The van der Waals surface area contributed by atoms with Crippen molar-refractivity contribution >= 4 is 57.3 Å². The number of nitrogens with two attached hydrogens (primary N) is 1. The monoisotopic (exact) mass is 667 g/mol. The van der Waals surface area contributed by atoms with Crippen molar-refractivity contribution in [1.82, 2.24) is 24.2 Å². The second-order valence-corrected chi connectivity index (χ2v) is 16.1. The van der Waals surface area contributed by atoms with Gasteiger partial charge in [0.25, 0.3) is 5.56 Å². The van der Waals surface area contributed by atoms with Crippen molar-refractivity contribution in [1.29, 1.82) is 0 Å². The van der Waals surface area contributed by atoms with E-state index in [1.807, 2.05) is 26.8 Å². The van der Waals surface area contributed by atoms with Crippen molar-refractivity contribution in [3.05, 3.63) is 75.4 Å². The summed E-state index contributed by atoms with van der Waals surface area (Å²) in [6, 6.07) is 12.1. The highest BCUT2D eigenvalue weighted by molar-refractivity contribution is 7.99. The lowest BCUT2D eigenvalue weighted by Gasteiger charge is -2.44. The van der Waals surface area contributed by atoms with E-state index in [0.29, 0.717) is 44.8 Å². The van der Waals surface area contributed by atoms with Crippen LogP contribution in [-0.4, -0.2) is 55.6 Å². The fourth-order valence-electron chi connectivity index (χ4n) is 6.24. The lowest BCUT2D eigenvalue weighted by Crippen LogP contribution is -2.49. The van der Waals surface area contributed by atoms with Gasteiger partial charge < -0.3 is 19.9 Å². The topological polar surface area (TPSA) is 134 Å². The van der Waals surface area contributed by atoms with Gasteiger partial charge in [0.05, 0.1) is 47.6 Å². The van der Waals surface area contributed by atoms with Crippen molar-refractivity contribution in [2.75, 3.05) is 37.4 Å². The zero-order valence-electron chi connectivity index (χ0n) is 25.9. The molecule has 1 fully saturated rings. The molecule has 1 aliphatic heterocycles. The molecule has 1 spiro atoms. The predicted molar refractivity (Wildman–Crippen MR) is 181 cm³/mol. The van der Waals surface area contributed by atoms with E-state index in [1.165, 1.54) is 33.8 Å². The minimum absolute atomic E-state index is 0.0248. The number of nitrogen functional groups attached to an aromatic ring is 1. The average Bonchev–Trinajstić information content (AvgIpc) is 3.30. The zero-order valence-corrected chi connectivity index (χ0v) is 28.3. The molecule has 0 amide bonds. The van der Waals surface area contributed by atoms with Crippen LogP contribution in [0.1, 0.15) is 50.8 Å².